The molecule has 0 bridgehead atoms. The first-order valence-electron chi connectivity index (χ1n) is 9.43. The SMILES string of the molecule is O=C(C[C@H](c1ccsc1)n1cccc1)NC1CCN(C(=O)C2CC2)CC1. The summed E-state index contributed by atoms with van der Waals surface area (Å²) in [6, 6.07) is 6.28. The zero-order valence-electron chi connectivity index (χ0n) is 14.8. The lowest BCUT2D eigenvalue weighted by atomic mass is 10.0. The Kier molecular flexibility index (Phi) is 5.11. The number of aromatic nitrogens is 1. The van der Waals surface area contributed by atoms with Gasteiger partial charge in [-0.25, -0.2) is 0 Å². The molecule has 2 fully saturated rings. The minimum Gasteiger partial charge on any atom is -0.353 e. The second-order valence-corrected chi connectivity index (χ2v) is 8.13. The molecule has 1 aliphatic heterocycles. The molecule has 4 rings (SSSR count). The predicted molar refractivity (Wildman–Crippen MR) is 102 cm³/mol. The van der Waals surface area contributed by atoms with Gasteiger partial charge in [0.2, 0.25) is 11.8 Å². The zero-order valence-corrected chi connectivity index (χ0v) is 15.7. The Bertz CT molecular complexity index is 695. The molecule has 0 aromatic carbocycles. The van der Waals surface area contributed by atoms with Crippen LogP contribution in [0.2, 0.25) is 0 Å². The van der Waals surface area contributed by atoms with Gasteiger partial charge in [0, 0.05) is 37.4 Å². The van der Waals surface area contributed by atoms with Crippen LogP contribution in [0.4, 0.5) is 0 Å². The van der Waals surface area contributed by atoms with Crippen LogP contribution < -0.4 is 5.32 Å². The van der Waals surface area contributed by atoms with E-state index in [0.29, 0.717) is 12.3 Å². The number of likely N-dealkylation sites (tertiary alicyclic amines) is 1. The maximum Gasteiger partial charge on any atom is 0.225 e. The summed E-state index contributed by atoms with van der Waals surface area (Å²) in [7, 11) is 0. The molecule has 1 N–H and O–H groups in total. The molecular weight excluding hydrogens is 346 g/mol. The van der Waals surface area contributed by atoms with Gasteiger partial charge in [-0.05, 0) is 60.2 Å². The van der Waals surface area contributed by atoms with Gasteiger partial charge in [0.05, 0.1) is 12.5 Å². The molecule has 5 nitrogen and oxygen atoms in total. The van der Waals surface area contributed by atoms with Gasteiger partial charge in [-0.2, -0.15) is 11.3 Å². The Morgan fingerprint density at radius 1 is 1.15 bits per heavy atom. The minimum absolute atomic E-state index is 0.0350. The lowest BCUT2D eigenvalue weighted by molar-refractivity contribution is -0.133. The number of piperidine rings is 1. The van der Waals surface area contributed by atoms with E-state index in [9.17, 15) is 9.59 Å². The summed E-state index contributed by atoms with van der Waals surface area (Å²) in [5.74, 6) is 0.691. The minimum atomic E-state index is 0.0350. The van der Waals surface area contributed by atoms with Crippen molar-refractivity contribution in [1.29, 1.82) is 0 Å². The fraction of sp³-hybridized carbons (Fsp3) is 0.500. The fourth-order valence-corrected chi connectivity index (χ4v) is 4.42. The number of amides is 2. The Morgan fingerprint density at radius 2 is 1.88 bits per heavy atom. The van der Waals surface area contributed by atoms with Gasteiger partial charge in [0.25, 0.3) is 0 Å². The van der Waals surface area contributed by atoms with Crippen LogP contribution >= 0.6 is 11.3 Å². The van der Waals surface area contributed by atoms with Crippen LogP contribution in [-0.4, -0.2) is 40.4 Å². The van der Waals surface area contributed by atoms with Gasteiger partial charge < -0.3 is 14.8 Å². The molecule has 6 heteroatoms. The number of hydrogen-bond donors (Lipinski definition) is 1. The molecule has 2 aromatic heterocycles. The molecule has 1 atom stereocenters. The maximum absolute atomic E-state index is 12.6. The van der Waals surface area contributed by atoms with Gasteiger partial charge in [0.1, 0.15) is 0 Å². The van der Waals surface area contributed by atoms with Crippen molar-refractivity contribution in [2.24, 2.45) is 5.92 Å². The number of carbonyl (C=O) groups excluding carboxylic acids is 2. The normalized spacial score (nSPS) is 19.3. The second kappa shape index (κ2) is 7.66. The predicted octanol–water partition coefficient (Wildman–Crippen LogP) is 3.05. The molecule has 2 amide bonds. The number of thiophene rings is 1. The fourth-order valence-electron chi connectivity index (χ4n) is 3.71. The molecule has 1 aliphatic carbocycles. The van der Waals surface area contributed by atoms with E-state index < -0.39 is 0 Å². The van der Waals surface area contributed by atoms with Crippen LogP contribution in [0, 0.1) is 5.92 Å². The molecule has 138 valence electrons. The van der Waals surface area contributed by atoms with E-state index in [1.54, 1.807) is 11.3 Å². The first kappa shape index (κ1) is 17.3. The average molecular weight is 372 g/mol. The lowest BCUT2D eigenvalue weighted by Gasteiger charge is -2.33. The highest BCUT2D eigenvalue weighted by molar-refractivity contribution is 7.08. The first-order valence-corrected chi connectivity index (χ1v) is 10.4. The van der Waals surface area contributed by atoms with E-state index in [1.165, 1.54) is 5.56 Å². The van der Waals surface area contributed by atoms with Gasteiger partial charge in [-0.15, -0.1) is 0 Å². The molecule has 0 spiro atoms. The highest BCUT2D eigenvalue weighted by Gasteiger charge is 2.35. The monoisotopic (exact) mass is 371 g/mol. The number of hydrogen-bond acceptors (Lipinski definition) is 3. The highest BCUT2D eigenvalue weighted by atomic mass is 32.1. The standard InChI is InChI=1S/C20H25N3O2S/c24-19(13-18(16-7-12-26-14-16)22-8-1-2-9-22)21-17-5-10-23(11-6-17)20(25)15-3-4-15/h1-2,7-9,12,14-15,17-18H,3-6,10-11,13H2,(H,21,24)/t18-/m1/s1. The van der Waals surface area contributed by atoms with Crippen LogP contribution in [0.3, 0.4) is 0 Å². The van der Waals surface area contributed by atoms with Crippen molar-refractivity contribution in [2.75, 3.05) is 13.1 Å². The molecule has 2 aromatic rings. The van der Waals surface area contributed by atoms with Crippen molar-refractivity contribution in [2.45, 2.75) is 44.2 Å². The van der Waals surface area contributed by atoms with E-state index in [1.807, 2.05) is 29.4 Å². The third-order valence-electron chi connectivity index (χ3n) is 5.39. The third-order valence-corrected chi connectivity index (χ3v) is 6.09. The summed E-state index contributed by atoms with van der Waals surface area (Å²) in [5.41, 5.74) is 1.17. The highest BCUT2D eigenvalue weighted by Crippen LogP contribution is 2.32. The van der Waals surface area contributed by atoms with Gasteiger partial charge in [-0.3, -0.25) is 9.59 Å². The summed E-state index contributed by atoms with van der Waals surface area (Å²) in [6.07, 6.45) is 8.28. The van der Waals surface area contributed by atoms with Crippen LogP contribution in [0.25, 0.3) is 0 Å². The summed E-state index contributed by atoms with van der Waals surface area (Å²) in [4.78, 5) is 26.8. The summed E-state index contributed by atoms with van der Waals surface area (Å²) >= 11 is 1.66. The third kappa shape index (κ3) is 4.01. The molecular formula is C20H25N3O2S. The van der Waals surface area contributed by atoms with E-state index in [-0.39, 0.29) is 23.9 Å². The van der Waals surface area contributed by atoms with E-state index in [0.717, 1.165) is 38.8 Å². The number of carbonyl (C=O) groups is 2. The molecule has 3 heterocycles. The summed E-state index contributed by atoms with van der Waals surface area (Å²) in [6.45, 7) is 1.54. The number of rotatable bonds is 6. The van der Waals surface area contributed by atoms with E-state index in [2.05, 4.69) is 26.7 Å². The smallest absolute Gasteiger partial charge is 0.225 e. The Hall–Kier alpha value is -2.08. The van der Waals surface area contributed by atoms with Gasteiger partial charge >= 0.3 is 0 Å². The first-order chi connectivity index (χ1) is 12.7. The second-order valence-electron chi connectivity index (χ2n) is 7.35. The van der Waals surface area contributed by atoms with Crippen LogP contribution in [0.15, 0.2) is 41.4 Å². The van der Waals surface area contributed by atoms with Crippen molar-refractivity contribution >= 4 is 23.2 Å². The van der Waals surface area contributed by atoms with E-state index in [4.69, 9.17) is 0 Å². The van der Waals surface area contributed by atoms with Crippen molar-refractivity contribution in [3.05, 3.63) is 46.9 Å². The summed E-state index contributed by atoms with van der Waals surface area (Å²) in [5, 5.41) is 7.35. The van der Waals surface area contributed by atoms with Crippen molar-refractivity contribution in [3.8, 4) is 0 Å². The maximum atomic E-state index is 12.6. The molecule has 1 saturated heterocycles. The van der Waals surface area contributed by atoms with Gasteiger partial charge in [0.15, 0.2) is 0 Å². The topological polar surface area (TPSA) is 54.3 Å². The number of nitrogens with zero attached hydrogens (tertiary/aromatic N) is 2. The lowest BCUT2D eigenvalue weighted by Crippen LogP contribution is -2.47. The van der Waals surface area contributed by atoms with Gasteiger partial charge in [-0.1, -0.05) is 0 Å². The van der Waals surface area contributed by atoms with Crippen molar-refractivity contribution in [3.63, 3.8) is 0 Å². The molecule has 0 unspecified atom stereocenters. The van der Waals surface area contributed by atoms with Crippen LogP contribution in [0.5, 0.6) is 0 Å². The average Bonchev–Trinajstić information content (AvgIpc) is 3.12. The van der Waals surface area contributed by atoms with E-state index >= 15 is 0 Å². The number of nitrogens with one attached hydrogen (secondary N) is 1. The zero-order chi connectivity index (χ0) is 17.9. The molecule has 26 heavy (non-hydrogen) atoms. The van der Waals surface area contributed by atoms with Crippen LogP contribution in [0.1, 0.15) is 43.7 Å². The van der Waals surface area contributed by atoms with Crippen LogP contribution in [-0.2, 0) is 9.59 Å². The summed E-state index contributed by atoms with van der Waals surface area (Å²) < 4.78 is 2.10. The Balaban J connectivity index is 1.31. The van der Waals surface area contributed by atoms with Crippen molar-refractivity contribution in [1.82, 2.24) is 14.8 Å². The molecule has 2 aliphatic rings. The molecule has 1 saturated carbocycles. The largest absolute Gasteiger partial charge is 0.353 e. The van der Waals surface area contributed by atoms with Crippen molar-refractivity contribution < 1.29 is 9.59 Å². The Morgan fingerprint density at radius 3 is 2.50 bits per heavy atom. The quantitative estimate of drug-likeness (QED) is 0.848. The Labute approximate surface area is 158 Å². The molecule has 0 radical (unpaired) electrons.